The van der Waals surface area contributed by atoms with Gasteiger partial charge in [0.1, 0.15) is 22.7 Å². The van der Waals surface area contributed by atoms with E-state index in [1.54, 1.807) is 22.0 Å². The number of rotatable bonds is 5. The average molecular weight is 712 g/mol. The molecule has 1 aliphatic carbocycles. The lowest BCUT2D eigenvalue weighted by molar-refractivity contribution is -0.139. The van der Waals surface area contributed by atoms with Gasteiger partial charge in [-0.1, -0.05) is 18.2 Å². The van der Waals surface area contributed by atoms with Crippen LogP contribution in [0.1, 0.15) is 72.2 Å². The maximum absolute atomic E-state index is 14.4. The van der Waals surface area contributed by atoms with Crippen LogP contribution < -0.4 is 0 Å². The predicted octanol–water partition coefficient (Wildman–Crippen LogP) is 5.94. The van der Waals surface area contributed by atoms with E-state index in [0.717, 1.165) is 59.9 Å². The number of benzene rings is 1. The van der Waals surface area contributed by atoms with Gasteiger partial charge in [0.2, 0.25) is 5.91 Å². The molecule has 1 aromatic carbocycles. The highest BCUT2D eigenvalue weighted by Gasteiger charge is 2.67. The molecule has 3 aliphatic rings. The number of hydrogen-bond donors (Lipinski definition) is 0. The summed E-state index contributed by atoms with van der Waals surface area (Å²) in [5.41, 5.74) is 5.26. The third kappa shape index (κ3) is 6.25. The highest BCUT2D eigenvalue weighted by Crippen LogP contribution is 2.60. The monoisotopic (exact) mass is 710 g/mol. The highest BCUT2D eigenvalue weighted by molar-refractivity contribution is 9.10. The number of carbonyl (C=O) groups excluding carboxylic acids is 3. The third-order valence-electron chi connectivity index (χ3n) is 10.1. The Hall–Kier alpha value is -4.09. The summed E-state index contributed by atoms with van der Waals surface area (Å²) in [6, 6.07) is 7.20. The fraction of sp³-hybridized carbons (Fsp3) is 0.432. The summed E-state index contributed by atoms with van der Waals surface area (Å²) in [5, 5.41) is 5.48. The molecule has 1 saturated carbocycles. The van der Waals surface area contributed by atoms with Gasteiger partial charge in [0, 0.05) is 41.7 Å². The molecule has 4 aromatic rings. The number of amides is 1. The third-order valence-corrected chi connectivity index (χ3v) is 10.5. The molecule has 0 radical (unpaired) electrons. The van der Waals surface area contributed by atoms with Crippen LogP contribution >= 0.6 is 15.9 Å². The molecule has 0 unspecified atom stereocenters. The van der Waals surface area contributed by atoms with Gasteiger partial charge in [-0.3, -0.25) is 19.1 Å². The number of ether oxygens (including phenoxy) is 1. The fourth-order valence-electron chi connectivity index (χ4n) is 7.46. The van der Waals surface area contributed by atoms with Gasteiger partial charge >= 0.3 is 0 Å². The standard InChI is InChI=1S/C37H39BrN6O4/c1-22-10-11-33(38)41-29(22)15-31(46)30-16-37-17-32(37)44(30)34(47)20-43-36-25(9-7-5-4-6-8-12-48-21-37)13-26(27-18-39-24(3)40-19-27)14-28(36)35(42-43)23(2)45/h6,8,10-11,13-14,18-19,30,32H,4-5,7,9,12,15-17,20-21H2,1-3H3/t30-,32+,37-/m0/s1. The first kappa shape index (κ1) is 32.5. The molecule has 1 amide bonds. The van der Waals surface area contributed by atoms with Crippen LogP contribution in [0.2, 0.25) is 0 Å². The summed E-state index contributed by atoms with van der Waals surface area (Å²) in [6.07, 6.45) is 12.9. The number of halogens is 1. The largest absolute Gasteiger partial charge is 0.377 e. The van der Waals surface area contributed by atoms with Crippen molar-refractivity contribution in [2.24, 2.45) is 5.41 Å². The minimum Gasteiger partial charge on any atom is -0.377 e. The van der Waals surface area contributed by atoms with Crippen molar-refractivity contribution < 1.29 is 19.1 Å². The molecule has 2 bridgehead atoms. The number of piperidine rings is 1. The van der Waals surface area contributed by atoms with Crippen molar-refractivity contribution in [2.75, 3.05) is 13.2 Å². The van der Waals surface area contributed by atoms with Crippen LogP contribution in [0.25, 0.3) is 22.0 Å². The molecule has 3 aromatic heterocycles. The molecule has 3 atom stereocenters. The van der Waals surface area contributed by atoms with Crippen LogP contribution in [0, 0.1) is 19.3 Å². The molecular formula is C37H39BrN6O4. The van der Waals surface area contributed by atoms with Crippen molar-refractivity contribution in [1.82, 2.24) is 29.6 Å². The Morgan fingerprint density at radius 1 is 1.06 bits per heavy atom. The quantitative estimate of drug-likeness (QED) is 0.142. The Bertz CT molecular complexity index is 1950. The number of hydrogen-bond acceptors (Lipinski definition) is 8. The van der Waals surface area contributed by atoms with Gasteiger partial charge in [-0.2, -0.15) is 5.10 Å². The van der Waals surface area contributed by atoms with Gasteiger partial charge < -0.3 is 9.64 Å². The van der Waals surface area contributed by atoms with E-state index in [1.165, 1.54) is 6.92 Å². The first-order valence-corrected chi connectivity index (χ1v) is 17.4. The van der Waals surface area contributed by atoms with Crippen molar-refractivity contribution >= 4 is 44.3 Å². The van der Waals surface area contributed by atoms with Gasteiger partial charge in [0.05, 0.1) is 36.9 Å². The smallest absolute Gasteiger partial charge is 0.245 e. The van der Waals surface area contributed by atoms with E-state index in [-0.39, 0.29) is 41.9 Å². The fourth-order valence-corrected chi connectivity index (χ4v) is 7.80. The van der Waals surface area contributed by atoms with Gasteiger partial charge in [0.15, 0.2) is 11.6 Å². The van der Waals surface area contributed by atoms with Crippen LogP contribution in [0.4, 0.5) is 0 Å². The zero-order chi connectivity index (χ0) is 33.6. The number of ketones is 2. The Balaban J connectivity index is 1.29. The number of Topliss-reactive ketones (excluding diaryl/α,β-unsaturated/α-hetero) is 2. The van der Waals surface area contributed by atoms with Crippen molar-refractivity contribution in [1.29, 1.82) is 0 Å². The van der Waals surface area contributed by atoms with Crippen LogP contribution in [0.3, 0.4) is 0 Å². The molecule has 0 N–H and O–H groups in total. The summed E-state index contributed by atoms with van der Waals surface area (Å²) in [5.74, 6) is 0.298. The molecule has 48 heavy (non-hydrogen) atoms. The van der Waals surface area contributed by atoms with Crippen molar-refractivity contribution in [2.45, 2.75) is 84.3 Å². The van der Waals surface area contributed by atoms with Crippen molar-refractivity contribution in [3.05, 3.63) is 81.8 Å². The lowest BCUT2D eigenvalue weighted by Crippen LogP contribution is -2.45. The van der Waals surface area contributed by atoms with E-state index in [0.29, 0.717) is 46.8 Å². The maximum Gasteiger partial charge on any atom is 0.245 e. The molecule has 2 fully saturated rings. The van der Waals surface area contributed by atoms with Crippen LogP contribution in [0.15, 0.2) is 53.4 Å². The van der Waals surface area contributed by atoms with Gasteiger partial charge in [-0.15, -0.1) is 0 Å². The first-order valence-electron chi connectivity index (χ1n) is 16.7. The maximum atomic E-state index is 14.4. The molecule has 7 rings (SSSR count). The second-order valence-electron chi connectivity index (χ2n) is 13.5. The predicted molar refractivity (Wildman–Crippen MR) is 184 cm³/mol. The first-order chi connectivity index (χ1) is 23.1. The summed E-state index contributed by atoms with van der Waals surface area (Å²) in [4.78, 5) is 56.6. The normalized spacial score (nSPS) is 22.8. The lowest BCUT2D eigenvalue weighted by atomic mass is 9.95. The van der Waals surface area contributed by atoms with E-state index < -0.39 is 6.04 Å². The molecule has 2 aliphatic heterocycles. The Morgan fingerprint density at radius 3 is 2.67 bits per heavy atom. The zero-order valence-electron chi connectivity index (χ0n) is 27.5. The van der Waals surface area contributed by atoms with E-state index in [1.807, 2.05) is 32.0 Å². The Labute approximate surface area is 288 Å². The average Bonchev–Trinajstić information content (AvgIpc) is 3.46. The van der Waals surface area contributed by atoms with E-state index in [9.17, 15) is 14.4 Å². The number of nitrogens with zero attached hydrogens (tertiary/aromatic N) is 6. The summed E-state index contributed by atoms with van der Waals surface area (Å²) in [7, 11) is 0. The summed E-state index contributed by atoms with van der Waals surface area (Å²) < 4.78 is 8.48. The molecule has 248 valence electrons. The van der Waals surface area contributed by atoms with Gasteiger partial charge in [-0.05, 0) is 103 Å². The SMILES string of the molecule is CC(=O)c1nn2c3c(cc(-c4cnc(C)nc4)cc13)CCCCC=CCOC[C@@]13C[C@@H](C(=O)Cc4nc(Br)ccc4C)N(C(=O)C2)[C@@H]1C3. The topological polar surface area (TPSA) is 120 Å². The van der Waals surface area contributed by atoms with Crippen LogP contribution in [0.5, 0.6) is 0 Å². The number of allylic oxidation sites excluding steroid dienone is 1. The van der Waals surface area contributed by atoms with E-state index in [4.69, 9.17) is 9.84 Å². The second-order valence-corrected chi connectivity index (χ2v) is 14.3. The van der Waals surface area contributed by atoms with Crippen molar-refractivity contribution in [3.8, 4) is 11.1 Å². The second kappa shape index (κ2) is 13.1. The van der Waals surface area contributed by atoms with Gasteiger partial charge in [0.25, 0.3) is 0 Å². The van der Waals surface area contributed by atoms with Crippen molar-refractivity contribution in [3.63, 3.8) is 0 Å². The van der Waals surface area contributed by atoms with E-state index in [2.05, 4.69) is 49.1 Å². The van der Waals surface area contributed by atoms with Crippen LogP contribution in [-0.2, 0) is 33.7 Å². The zero-order valence-corrected chi connectivity index (χ0v) is 29.1. The minimum atomic E-state index is -0.587. The number of carbonyl (C=O) groups is 3. The molecule has 1 saturated heterocycles. The molecule has 10 nitrogen and oxygen atoms in total. The summed E-state index contributed by atoms with van der Waals surface area (Å²) >= 11 is 3.43. The highest BCUT2D eigenvalue weighted by atomic mass is 79.9. The number of aryl methyl sites for hydroxylation is 3. The number of aromatic nitrogens is 5. The Morgan fingerprint density at radius 2 is 1.88 bits per heavy atom. The van der Waals surface area contributed by atoms with E-state index >= 15 is 0 Å². The van der Waals surface area contributed by atoms with Crippen LogP contribution in [-0.4, -0.2) is 72.4 Å². The Kier molecular flexibility index (Phi) is 8.84. The van der Waals surface area contributed by atoms with Gasteiger partial charge in [-0.25, -0.2) is 15.0 Å². The summed E-state index contributed by atoms with van der Waals surface area (Å²) in [6.45, 7) is 6.23. The molecule has 11 heteroatoms. The lowest BCUT2D eigenvalue weighted by Gasteiger charge is -2.27. The molecule has 5 heterocycles. The molecule has 0 spiro atoms. The number of pyridine rings is 1. The molecular weight excluding hydrogens is 672 g/mol. The minimum absolute atomic E-state index is 0.0293.